The average molecular weight is 305 g/mol. The molecule has 1 aromatic rings. The van der Waals surface area contributed by atoms with E-state index in [4.69, 9.17) is 4.74 Å². The molecule has 1 fully saturated rings. The summed E-state index contributed by atoms with van der Waals surface area (Å²) in [5.74, 6) is -1.44. The van der Waals surface area contributed by atoms with Gasteiger partial charge in [0.2, 0.25) is 5.91 Å². The van der Waals surface area contributed by atoms with Gasteiger partial charge in [0.15, 0.2) is 0 Å². The van der Waals surface area contributed by atoms with Crippen molar-refractivity contribution in [2.75, 3.05) is 5.32 Å². The summed E-state index contributed by atoms with van der Waals surface area (Å²) >= 11 is 0. The molecule has 0 bridgehead atoms. The van der Waals surface area contributed by atoms with Gasteiger partial charge in [-0.25, -0.2) is 0 Å². The first-order chi connectivity index (χ1) is 10.5. The normalized spacial score (nSPS) is 21.4. The third-order valence-corrected chi connectivity index (χ3v) is 3.89. The molecule has 0 aromatic heterocycles. The van der Waals surface area contributed by atoms with E-state index in [0.29, 0.717) is 24.3 Å². The number of carbonyl (C=O) groups excluding carboxylic acids is 1. The van der Waals surface area contributed by atoms with E-state index in [1.54, 1.807) is 12.1 Å². The van der Waals surface area contributed by atoms with E-state index in [9.17, 15) is 14.7 Å². The quantitative estimate of drug-likeness (QED) is 0.875. The number of carboxylic acid groups (broad SMARTS) is 1. The number of anilines is 1. The molecular formula is C17H23NO4. The molecule has 0 aliphatic heterocycles. The first kappa shape index (κ1) is 16.3. The Hall–Kier alpha value is -2.04. The lowest BCUT2D eigenvalue weighted by Gasteiger charge is -2.27. The average Bonchev–Trinajstić information content (AvgIpc) is 2.46. The summed E-state index contributed by atoms with van der Waals surface area (Å²) in [5, 5.41) is 12.1. The maximum atomic E-state index is 12.4. The largest absolute Gasteiger partial charge is 0.491 e. The summed E-state index contributed by atoms with van der Waals surface area (Å²) in [6.45, 7) is 3.87. The Kier molecular flexibility index (Phi) is 5.41. The van der Waals surface area contributed by atoms with Gasteiger partial charge >= 0.3 is 5.97 Å². The Labute approximate surface area is 130 Å². The monoisotopic (exact) mass is 305 g/mol. The standard InChI is InChI=1S/C17H23NO4/c1-11(2)22-13-7-5-6-12(10-13)18-16(19)14-8-3-4-9-15(14)17(20)21/h5-7,10-11,14-15H,3-4,8-9H2,1-2H3,(H,18,19)(H,20,21)/t14-,15+/m0/s1. The Morgan fingerprint density at radius 3 is 2.55 bits per heavy atom. The Morgan fingerprint density at radius 2 is 1.91 bits per heavy atom. The SMILES string of the molecule is CC(C)Oc1cccc(NC(=O)[C@H]2CCCC[C@H]2C(=O)O)c1. The van der Waals surface area contributed by atoms with Crippen LogP contribution in [0.15, 0.2) is 24.3 Å². The summed E-state index contributed by atoms with van der Waals surface area (Å²) in [5.41, 5.74) is 0.637. The van der Waals surface area contributed by atoms with Gasteiger partial charge in [-0.1, -0.05) is 18.9 Å². The molecule has 1 saturated carbocycles. The summed E-state index contributed by atoms with van der Waals surface area (Å²) in [6.07, 6.45) is 3.03. The van der Waals surface area contributed by atoms with Gasteiger partial charge < -0.3 is 15.2 Å². The molecule has 22 heavy (non-hydrogen) atoms. The Bertz CT molecular complexity index is 541. The van der Waals surface area contributed by atoms with Crippen molar-refractivity contribution in [2.24, 2.45) is 11.8 Å². The molecular weight excluding hydrogens is 282 g/mol. The molecule has 5 heteroatoms. The summed E-state index contributed by atoms with van der Waals surface area (Å²) in [4.78, 5) is 23.7. The highest BCUT2D eigenvalue weighted by Gasteiger charge is 2.35. The fraction of sp³-hybridized carbons (Fsp3) is 0.529. The van der Waals surface area contributed by atoms with Gasteiger partial charge in [0.25, 0.3) is 0 Å². The summed E-state index contributed by atoms with van der Waals surface area (Å²) in [6, 6.07) is 7.18. The van der Waals surface area contributed by atoms with E-state index in [2.05, 4.69) is 5.32 Å². The van der Waals surface area contributed by atoms with Gasteiger partial charge in [-0.15, -0.1) is 0 Å². The minimum atomic E-state index is -0.878. The van der Waals surface area contributed by atoms with Crippen LogP contribution in [0.4, 0.5) is 5.69 Å². The molecule has 5 nitrogen and oxygen atoms in total. The van der Waals surface area contributed by atoms with E-state index in [1.807, 2.05) is 26.0 Å². The van der Waals surface area contributed by atoms with Gasteiger partial charge in [-0.05, 0) is 38.8 Å². The second kappa shape index (κ2) is 7.29. The van der Waals surface area contributed by atoms with E-state index in [-0.39, 0.29) is 12.0 Å². The summed E-state index contributed by atoms with van der Waals surface area (Å²) < 4.78 is 5.60. The van der Waals surface area contributed by atoms with E-state index in [0.717, 1.165) is 12.8 Å². The lowest BCUT2D eigenvalue weighted by atomic mass is 9.78. The molecule has 0 spiro atoms. The fourth-order valence-corrected chi connectivity index (χ4v) is 2.89. The molecule has 0 heterocycles. The third kappa shape index (κ3) is 4.23. The smallest absolute Gasteiger partial charge is 0.307 e. The zero-order chi connectivity index (χ0) is 16.1. The van der Waals surface area contributed by atoms with Crippen LogP contribution in [0.5, 0.6) is 5.75 Å². The molecule has 0 radical (unpaired) electrons. The molecule has 2 N–H and O–H groups in total. The van der Waals surface area contributed by atoms with Gasteiger partial charge in [0, 0.05) is 11.8 Å². The number of carboxylic acids is 1. The number of carbonyl (C=O) groups is 2. The van der Waals surface area contributed by atoms with Gasteiger partial charge in [0.05, 0.1) is 17.9 Å². The molecule has 1 amide bonds. The molecule has 1 aromatic carbocycles. The first-order valence-electron chi connectivity index (χ1n) is 7.77. The van der Waals surface area contributed by atoms with Crippen LogP contribution in [0.1, 0.15) is 39.5 Å². The lowest BCUT2D eigenvalue weighted by Crippen LogP contribution is -2.36. The number of nitrogens with one attached hydrogen (secondary N) is 1. The van der Waals surface area contributed by atoms with Crippen LogP contribution in [0.3, 0.4) is 0 Å². The highest BCUT2D eigenvalue weighted by Crippen LogP contribution is 2.31. The summed E-state index contributed by atoms with van der Waals surface area (Å²) in [7, 11) is 0. The minimum absolute atomic E-state index is 0.0562. The minimum Gasteiger partial charge on any atom is -0.491 e. The highest BCUT2D eigenvalue weighted by molar-refractivity contribution is 5.95. The highest BCUT2D eigenvalue weighted by atomic mass is 16.5. The Morgan fingerprint density at radius 1 is 1.23 bits per heavy atom. The molecule has 1 aliphatic carbocycles. The van der Waals surface area contributed by atoms with Crippen molar-refractivity contribution in [3.05, 3.63) is 24.3 Å². The van der Waals surface area contributed by atoms with Crippen LogP contribution >= 0.6 is 0 Å². The van der Waals surface area contributed by atoms with Crippen molar-refractivity contribution in [1.82, 2.24) is 0 Å². The Balaban J connectivity index is 2.06. The predicted molar refractivity (Wildman–Crippen MR) is 83.9 cm³/mol. The van der Waals surface area contributed by atoms with Crippen LogP contribution in [-0.4, -0.2) is 23.1 Å². The lowest BCUT2D eigenvalue weighted by molar-refractivity contribution is -0.147. The fourth-order valence-electron chi connectivity index (χ4n) is 2.89. The van der Waals surface area contributed by atoms with Crippen molar-refractivity contribution in [3.63, 3.8) is 0 Å². The second-order valence-electron chi connectivity index (χ2n) is 6.02. The third-order valence-electron chi connectivity index (χ3n) is 3.89. The maximum Gasteiger partial charge on any atom is 0.307 e. The molecule has 0 unspecified atom stereocenters. The van der Waals surface area contributed by atoms with Crippen molar-refractivity contribution in [1.29, 1.82) is 0 Å². The predicted octanol–water partition coefficient (Wildman–Crippen LogP) is 3.30. The number of rotatable bonds is 5. The zero-order valence-electron chi connectivity index (χ0n) is 13.0. The zero-order valence-corrected chi connectivity index (χ0v) is 13.0. The molecule has 2 rings (SSSR count). The van der Waals surface area contributed by atoms with Crippen molar-refractivity contribution in [2.45, 2.75) is 45.6 Å². The van der Waals surface area contributed by atoms with Crippen molar-refractivity contribution in [3.8, 4) is 5.75 Å². The van der Waals surface area contributed by atoms with Crippen LogP contribution in [0.25, 0.3) is 0 Å². The number of hydrogen-bond donors (Lipinski definition) is 2. The van der Waals surface area contributed by atoms with Gasteiger partial charge in [0.1, 0.15) is 5.75 Å². The molecule has 120 valence electrons. The van der Waals surface area contributed by atoms with Gasteiger partial charge in [-0.3, -0.25) is 9.59 Å². The van der Waals surface area contributed by atoms with Crippen LogP contribution in [-0.2, 0) is 9.59 Å². The number of hydrogen-bond acceptors (Lipinski definition) is 3. The van der Waals surface area contributed by atoms with E-state index < -0.39 is 17.8 Å². The number of benzene rings is 1. The van der Waals surface area contributed by atoms with Crippen molar-refractivity contribution < 1.29 is 19.4 Å². The van der Waals surface area contributed by atoms with E-state index in [1.165, 1.54) is 0 Å². The number of amides is 1. The maximum absolute atomic E-state index is 12.4. The number of aliphatic carboxylic acids is 1. The van der Waals surface area contributed by atoms with Crippen LogP contribution in [0.2, 0.25) is 0 Å². The molecule has 0 saturated heterocycles. The van der Waals surface area contributed by atoms with Gasteiger partial charge in [-0.2, -0.15) is 0 Å². The second-order valence-corrected chi connectivity index (χ2v) is 6.02. The topological polar surface area (TPSA) is 75.6 Å². The van der Waals surface area contributed by atoms with E-state index >= 15 is 0 Å². The molecule has 1 aliphatic rings. The number of ether oxygens (including phenoxy) is 1. The van der Waals surface area contributed by atoms with Crippen LogP contribution in [0, 0.1) is 11.8 Å². The first-order valence-corrected chi connectivity index (χ1v) is 7.77. The molecule has 2 atom stereocenters. The van der Waals surface area contributed by atoms with Crippen LogP contribution < -0.4 is 10.1 Å². The van der Waals surface area contributed by atoms with Crippen molar-refractivity contribution >= 4 is 17.6 Å².